The molecule has 4 nitrogen and oxygen atoms in total. The minimum Gasteiger partial charge on any atom is -0.382 e. The molecule has 0 rings (SSSR count). The predicted molar refractivity (Wildman–Crippen MR) is 90.0 cm³/mol. The molecule has 0 saturated carbocycles. The van der Waals surface area contributed by atoms with Crippen LogP contribution in [0.4, 0.5) is 0 Å². The zero-order chi connectivity index (χ0) is 13.1. The maximum absolute atomic E-state index is 5.29. The molecule has 0 heterocycles. The van der Waals surface area contributed by atoms with Gasteiger partial charge in [-0.25, -0.2) is 0 Å². The zero-order valence-corrected chi connectivity index (χ0v) is 14.8. The van der Waals surface area contributed by atoms with E-state index >= 15 is 0 Å². The third-order valence-electron chi connectivity index (χ3n) is 2.01. The van der Waals surface area contributed by atoms with E-state index in [2.05, 4.69) is 43.3 Å². The van der Waals surface area contributed by atoms with Crippen LogP contribution >= 0.6 is 24.0 Å². The Hall–Kier alpha value is -0.0400. The minimum absolute atomic E-state index is 0. The van der Waals surface area contributed by atoms with Gasteiger partial charge >= 0.3 is 0 Å². The fourth-order valence-corrected chi connectivity index (χ4v) is 1.31. The molecule has 0 aliphatic heterocycles. The maximum Gasteiger partial charge on any atom is 0.191 e. The van der Waals surface area contributed by atoms with Crippen molar-refractivity contribution < 1.29 is 4.74 Å². The van der Waals surface area contributed by atoms with Crippen molar-refractivity contribution in [2.24, 2.45) is 4.99 Å². The summed E-state index contributed by atoms with van der Waals surface area (Å²) in [6, 6.07) is 0. The fourth-order valence-electron chi connectivity index (χ4n) is 1.31. The second kappa shape index (κ2) is 12.0. The lowest BCUT2D eigenvalue weighted by atomic mass is 10.1. The van der Waals surface area contributed by atoms with Crippen LogP contribution in [0.15, 0.2) is 4.99 Å². The number of guanidine groups is 1. The highest BCUT2D eigenvalue weighted by Gasteiger charge is 2.11. The molecule has 0 saturated heterocycles. The highest BCUT2D eigenvalue weighted by Crippen LogP contribution is 1.98. The van der Waals surface area contributed by atoms with Crippen LogP contribution < -0.4 is 10.6 Å². The Kier molecular flexibility index (Phi) is 13.5. The Bertz CT molecular complexity index is 215. The fraction of sp³-hybridized carbons (Fsp3) is 0.923. The molecule has 0 aliphatic carbocycles. The highest BCUT2D eigenvalue weighted by molar-refractivity contribution is 14.0. The predicted octanol–water partition coefficient (Wildman–Crippen LogP) is 2.77. The monoisotopic (exact) mass is 371 g/mol. The first-order valence-corrected chi connectivity index (χ1v) is 6.63. The van der Waals surface area contributed by atoms with E-state index in [0.29, 0.717) is 0 Å². The number of nitrogens with one attached hydrogen (secondary N) is 2. The van der Waals surface area contributed by atoms with Crippen molar-refractivity contribution in [2.75, 3.05) is 26.3 Å². The van der Waals surface area contributed by atoms with Gasteiger partial charge in [-0.05, 0) is 47.5 Å². The average molecular weight is 371 g/mol. The summed E-state index contributed by atoms with van der Waals surface area (Å²) in [4.78, 5) is 4.54. The van der Waals surface area contributed by atoms with Gasteiger partial charge in [0, 0.05) is 31.8 Å². The summed E-state index contributed by atoms with van der Waals surface area (Å²) >= 11 is 0. The lowest BCUT2D eigenvalue weighted by Crippen LogP contribution is -2.47. The number of ether oxygens (including phenoxy) is 1. The van der Waals surface area contributed by atoms with Gasteiger partial charge in [0.05, 0.1) is 0 Å². The van der Waals surface area contributed by atoms with E-state index in [4.69, 9.17) is 4.74 Å². The van der Waals surface area contributed by atoms with Gasteiger partial charge in [-0.2, -0.15) is 0 Å². The lowest BCUT2D eigenvalue weighted by molar-refractivity contribution is 0.144. The Balaban J connectivity index is 0. The Morgan fingerprint density at radius 2 is 1.83 bits per heavy atom. The van der Waals surface area contributed by atoms with Gasteiger partial charge in [-0.3, -0.25) is 4.99 Å². The Morgan fingerprint density at radius 1 is 1.17 bits per heavy atom. The Labute approximate surface area is 129 Å². The summed E-state index contributed by atoms with van der Waals surface area (Å²) in [5, 5.41) is 6.62. The van der Waals surface area contributed by atoms with Crippen molar-refractivity contribution in [3.63, 3.8) is 0 Å². The number of unbranched alkanes of at least 4 members (excludes halogenated alkanes) is 1. The summed E-state index contributed by atoms with van der Waals surface area (Å²) in [6.45, 7) is 13.9. The Morgan fingerprint density at radius 3 is 2.33 bits per heavy atom. The molecule has 0 bridgehead atoms. The van der Waals surface area contributed by atoms with E-state index in [1.807, 2.05) is 6.92 Å². The second-order valence-electron chi connectivity index (χ2n) is 5.04. The number of nitrogens with zero attached hydrogens (tertiary/aromatic N) is 1. The van der Waals surface area contributed by atoms with Crippen LogP contribution in [-0.2, 0) is 4.74 Å². The van der Waals surface area contributed by atoms with Gasteiger partial charge in [-0.1, -0.05) is 0 Å². The standard InChI is InChI=1S/C13H29N3O.HI/c1-6-14-12(16-13(3,4)5)15-10-8-9-11-17-7-2;/h6-11H2,1-5H3,(H2,14,15,16);1H. The maximum atomic E-state index is 5.29. The van der Waals surface area contributed by atoms with Gasteiger partial charge in [0.25, 0.3) is 0 Å². The molecule has 0 radical (unpaired) electrons. The van der Waals surface area contributed by atoms with Crippen LogP contribution in [0.2, 0.25) is 0 Å². The first-order chi connectivity index (χ1) is 7.99. The molecule has 0 fully saturated rings. The summed E-state index contributed by atoms with van der Waals surface area (Å²) < 4.78 is 5.29. The van der Waals surface area contributed by atoms with Gasteiger partial charge < -0.3 is 15.4 Å². The van der Waals surface area contributed by atoms with E-state index in [-0.39, 0.29) is 29.5 Å². The number of hydrogen-bond acceptors (Lipinski definition) is 2. The van der Waals surface area contributed by atoms with Crippen LogP contribution in [-0.4, -0.2) is 37.8 Å². The minimum atomic E-state index is 0. The van der Waals surface area contributed by atoms with Crippen LogP contribution in [0.1, 0.15) is 47.5 Å². The topological polar surface area (TPSA) is 45.7 Å². The normalized spacial score (nSPS) is 11.9. The van der Waals surface area contributed by atoms with E-state index in [1.165, 1.54) is 0 Å². The summed E-state index contributed by atoms with van der Waals surface area (Å²) in [6.07, 6.45) is 2.15. The number of hydrogen-bond donors (Lipinski definition) is 2. The number of halogens is 1. The third-order valence-corrected chi connectivity index (χ3v) is 2.01. The van der Waals surface area contributed by atoms with Crippen molar-refractivity contribution in [2.45, 2.75) is 53.0 Å². The van der Waals surface area contributed by atoms with Crippen LogP contribution in [0.3, 0.4) is 0 Å². The second-order valence-corrected chi connectivity index (χ2v) is 5.04. The van der Waals surface area contributed by atoms with Crippen molar-refractivity contribution in [3.8, 4) is 0 Å². The molecular formula is C13H30IN3O. The SMILES string of the molecule is CCNC(=NCCCCOCC)NC(C)(C)C.I. The summed E-state index contributed by atoms with van der Waals surface area (Å²) in [5.74, 6) is 0.899. The molecule has 0 aromatic carbocycles. The van der Waals surface area contributed by atoms with Crippen molar-refractivity contribution in [1.82, 2.24) is 10.6 Å². The first kappa shape index (κ1) is 20.3. The molecule has 0 aromatic rings. The van der Waals surface area contributed by atoms with Crippen molar-refractivity contribution in [1.29, 1.82) is 0 Å². The highest BCUT2D eigenvalue weighted by atomic mass is 127. The van der Waals surface area contributed by atoms with Gasteiger partial charge in [-0.15, -0.1) is 24.0 Å². The van der Waals surface area contributed by atoms with Gasteiger partial charge in [0.2, 0.25) is 0 Å². The van der Waals surface area contributed by atoms with Gasteiger partial charge in [0.15, 0.2) is 5.96 Å². The average Bonchev–Trinajstić information content (AvgIpc) is 2.21. The molecule has 110 valence electrons. The quantitative estimate of drug-likeness (QED) is 0.313. The molecule has 0 aliphatic rings. The molecular weight excluding hydrogens is 341 g/mol. The molecule has 2 N–H and O–H groups in total. The molecule has 0 amide bonds. The van der Waals surface area contributed by atoms with E-state index in [1.54, 1.807) is 0 Å². The van der Waals surface area contributed by atoms with Crippen LogP contribution in [0.5, 0.6) is 0 Å². The van der Waals surface area contributed by atoms with E-state index in [0.717, 1.165) is 45.1 Å². The first-order valence-electron chi connectivity index (χ1n) is 6.63. The molecule has 0 aromatic heterocycles. The van der Waals surface area contributed by atoms with Crippen molar-refractivity contribution in [3.05, 3.63) is 0 Å². The zero-order valence-electron chi connectivity index (χ0n) is 12.5. The third kappa shape index (κ3) is 14.0. The van der Waals surface area contributed by atoms with E-state index < -0.39 is 0 Å². The molecule has 18 heavy (non-hydrogen) atoms. The van der Waals surface area contributed by atoms with Gasteiger partial charge in [0.1, 0.15) is 0 Å². The molecule has 5 heteroatoms. The molecule has 0 unspecified atom stereocenters. The summed E-state index contributed by atoms with van der Waals surface area (Å²) in [5.41, 5.74) is 0.0479. The smallest absolute Gasteiger partial charge is 0.191 e. The number of rotatable bonds is 7. The van der Waals surface area contributed by atoms with Crippen LogP contribution in [0.25, 0.3) is 0 Å². The van der Waals surface area contributed by atoms with Crippen LogP contribution in [0, 0.1) is 0 Å². The lowest BCUT2D eigenvalue weighted by Gasteiger charge is -2.23. The van der Waals surface area contributed by atoms with E-state index in [9.17, 15) is 0 Å². The number of aliphatic imine (C=N–C) groups is 1. The molecule has 0 atom stereocenters. The summed E-state index contributed by atoms with van der Waals surface area (Å²) in [7, 11) is 0. The van der Waals surface area contributed by atoms with Crippen molar-refractivity contribution >= 4 is 29.9 Å². The molecule has 0 spiro atoms. The largest absolute Gasteiger partial charge is 0.382 e.